The van der Waals surface area contributed by atoms with Crippen LogP contribution >= 0.6 is 0 Å². The van der Waals surface area contributed by atoms with Crippen molar-refractivity contribution in [2.45, 2.75) is 187 Å². The van der Waals surface area contributed by atoms with Gasteiger partial charge in [0, 0.05) is 19.3 Å². The predicted octanol–water partition coefficient (Wildman–Crippen LogP) is 16.5. The maximum Gasteiger partial charge on any atom is 0.306 e. The van der Waals surface area contributed by atoms with Gasteiger partial charge >= 0.3 is 17.9 Å². The molecule has 1 unspecified atom stereocenters. The summed E-state index contributed by atoms with van der Waals surface area (Å²) in [6, 6.07) is 0. The van der Waals surface area contributed by atoms with Gasteiger partial charge in [-0.15, -0.1) is 0 Å². The van der Waals surface area contributed by atoms with Crippen LogP contribution in [0.4, 0.5) is 0 Å². The molecule has 0 amide bonds. The van der Waals surface area contributed by atoms with Gasteiger partial charge in [0.15, 0.2) is 6.10 Å². The van der Waals surface area contributed by atoms with E-state index in [1.807, 2.05) is 72.9 Å². The van der Waals surface area contributed by atoms with E-state index in [0.717, 1.165) is 77.0 Å². The molecule has 0 saturated heterocycles. The number of unbranched alkanes of at least 4 members (excludes halogenated alkanes) is 14. The Bertz CT molecular complexity index is 1480. The van der Waals surface area contributed by atoms with E-state index in [1.54, 1.807) is 0 Å². The lowest BCUT2D eigenvalue weighted by Crippen LogP contribution is -2.30. The Labute approximate surface area is 391 Å². The summed E-state index contributed by atoms with van der Waals surface area (Å²) >= 11 is 0. The zero-order chi connectivity index (χ0) is 46.5. The van der Waals surface area contributed by atoms with Gasteiger partial charge in [-0.25, -0.2) is 0 Å². The molecule has 0 heterocycles. The molecule has 0 aromatic rings. The number of carbonyl (C=O) groups excluding carboxylic acids is 3. The number of carbonyl (C=O) groups is 3. The molecule has 0 spiro atoms. The van der Waals surface area contributed by atoms with Crippen LogP contribution < -0.4 is 0 Å². The minimum atomic E-state index is -0.837. The Morgan fingerprint density at radius 3 is 1.20 bits per heavy atom. The standard InChI is InChI=1S/C58H88O6/c1-4-7-10-13-16-19-22-24-26-28-29-30-32-33-36-39-42-45-48-51-57(60)63-54-55(53-62-56(59)50-47-44-41-38-35-21-18-15-12-9-6-3)64-58(61)52-49-46-43-40-37-34-31-27-25-23-20-17-14-11-8-5-2/h7,9-10,12-13,16,18-19,21-22,24,26-34,36-38,41,55H,4-6,8,11,14-15,17,20,23,25,35,39-40,42-54H2,1-3H3/b10-7-,12-9-,16-13-,21-18-,22-19-,26-24-,29-28+,31-27-,32-30-,36-33-,37-34-,41-38-. The largest absolute Gasteiger partial charge is 0.462 e. The molecule has 0 rings (SSSR count). The first-order valence-corrected chi connectivity index (χ1v) is 25.0. The van der Waals surface area contributed by atoms with Gasteiger partial charge in [0.1, 0.15) is 13.2 Å². The van der Waals surface area contributed by atoms with Gasteiger partial charge in [-0.1, -0.05) is 218 Å². The normalized spacial score (nSPS) is 13.4. The highest BCUT2D eigenvalue weighted by Crippen LogP contribution is 2.11. The van der Waals surface area contributed by atoms with E-state index < -0.39 is 6.10 Å². The maximum atomic E-state index is 12.8. The molecular weight excluding hydrogens is 793 g/mol. The molecule has 0 bridgehead atoms. The highest BCUT2D eigenvalue weighted by atomic mass is 16.6. The van der Waals surface area contributed by atoms with Gasteiger partial charge in [0.05, 0.1) is 0 Å². The van der Waals surface area contributed by atoms with Crippen molar-refractivity contribution < 1.29 is 28.6 Å². The molecule has 0 aromatic carbocycles. The van der Waals surface area contributed by atoms with E-state index >= 15 is 0 Å². The molecule has 0 aliphatic carbocycles. The van der Waals surface area contributed by atoms with Crippen LogP contribution in [0.1, 0.15) is 181 Å². The topological polar surface area (TPSA) is 78.9 Å². The van der Waals surface area contributed by atoms with E-state index in [9.17, 15) is 14.4 Å². The van der Waals surface area contributed by atoms with E-state index in [-0.39, 0.29) is 50.4 Å². The highest BCUT2D eigenvalue weighted by Gasteiger charge is 2.19. The minimum absolute atomic E-state index is 0.135. The van der Waals surface area contributed by atoms with Crippen LogP contribution in [0.15, 0.2) is 146 Å². The molecule has 6 nitrogen and oxygen atoms in total. The lowest BCUT2D eigenvalue weighted by Gasteiger charge is -2.18. The van der Waals surface area contributed by atoms with Crippen LogP contribution in [0.2, 0.25) is 0 Å². The average Bonchev–Trinajstić information content (AvgIpc) is 3.29. The number of hydrogen-bond acceptors (Lipinski definition) is 6. The number of esters is 3. The SMILES string of the molecule is CC\C=C/C=C\C=C/C=C\C=C\C=C/C=C\CCCCCC(=O)OCC(COC(=O)CCC/C=C\C/C=C\C/C=C\CC)OC(=O)CCCCC/C=C\C=C/CCCCCCCCC. The molecule has 0 aliphatic heterocycles. The second-order valence-electron chi connectivity index (χ2n) is 15.8. The highest BCUT2D eigenvalue weighted by molar-refractivity contribution is 5.71. The summed E-state index contributed by atoms with van der Waals surface area (Å²) in [5.41, 5.74) is 0. The first kappa shape index (κ1) is 59.3. The summed E-state index contributed by atoms with van der Waals surface area (Å²) in [5.74, 6) is -1.07. The van der Waals surface area contributed by atoms with Crippen molar-refractivity contribution in [1.29, 1.82) is 0 Å². The summed E-state index contributed by atoms with van der Waals surface area (Å²) in [6.45, 7) is 6.22. The van der Waals surface area contributed by atoms with Crippen LogP contribution in [0.5, 0.6) is 0 Å². The average molecular weight is 881 g/mol. The van der Waals surface area contributed by atoms with Crippen molar-refractivity contribution in [2.75, 3.05) is 13.2 Å². The van der Waals surface area contributed by atoms with Crippen LogP contribution in [0.3, 0.4) is 0 Å². The molecule has 64 heavy (non-hydrogen) atoms. The van der Waals surface area contributed by atoms with Gasteiger partial charge < -0.3 is 14.2 Å². The molecule has 6 heteroatoms. The molecule has 1 atom stereocenters. The molecule has 0 radical (unpaired) electrons. The fourth-order valence-electron chi connectivity index (χ4n) is 6.08. The second kappa shape index (κ2) is 50.9. The maximum absolute atomic E-state index is 12.8. The van der Waals surface area contributed by atoms with Crippen LogP contribution in [0, 0.1) is 0 Å². The van der Waals surface area contributed by atoms with Crippen molar-refractivity contribution in [2.24, 2.45) is 0 Å². The van der Waals surface area contributed by atoms with Gasteiger partial charge in [-0.2, -0.15) is 0 Å². The van der Waals surface area contributed by atoms with Gasteiger partial charge in [-0.05, 0) is 89.9 Å². The Hall–Kier alpha value is -4.71. The van der Waals surface area contributed by atoms with E-state index in [4.69, 9.17) is 14.2 Å². The quantitative estimate of drug-likeness (QED) is 0.0200. The van der Waals surface area contributed by atoms with Crippen molar-refractivity contribution in [3.63, 3.8) is 0 Å². The first-order valence-electron chi connectivity index (χ1n) is 25.0. The number of ether oxygens (including phenoxy) is 3. The Morgan fingerprint density at radius 2 is 0.703 bits per heavy atom. The first-order chi connectivity index (χ1) is 31.5. The van der Waals surface area contributed by atoms with Gasteiger partial charge in [0.2, 0.25) is 0 Å². The molecule has 0 N–H and O–H groups in total. The summed E-state index contributed by atoms with van der Waals surface area (Å²) < 4.78 is 16.6. The third-order valence-electron chi connectivity index (χ3n) is 9.78. The third-order valence-corrected chi connectivity index (χ3v) is 9.78. The van der Waals surface area contributed by atoms with Crippen molar-refractivity contribution >= 4 is 17.9 Å². The zero-order valence-corrected chi connectivity index (χ0v) is 40.5. The monoisotopic (exact) mass is 881 g/mol. The summed E-state index contributed by atoms with van der Waals surface area (Å²) in [7, 11) is 0. The van der Waals surface area contributed by atoms with Crippen LogP contribution in [0.25, 0.3) is 0 Å². The number of rotatable bonds is 42. The summed E-state index contributed by atoms with van der Waals surface area (Å²) in [6.07, 6.45) is 72.7. The Balaban J connectivity index is 4.60. The van der Waals surface area contributed by atoms with E-state index in [0.29, 0.717) is 19.3 Å². The molecule has 356 valence electrons. The Kier molecular flexibility index (Phi) is 47.2. The van der Waals surface area contributed by atoms with Crippen LogP contribution in [-0.4, -0.2) is 37.2 Å². The smallest absolute Gasteiger partial charge is 0.306 e. The molecule has 0 aromatic heterocycles. The molecular formula is C58H88O6. The van der Waals surface area contributed by atoms with Crippen LogP contribution in [-0.2, 0) is 28.6 Å². The van der Waals surface area contributed by atoms with Crippen molar-refractivity contribution in [3.8, 4) is 0 Å². The summed E-state index contributed by atoms with van der Waals surface area (Å²) in [5, 5.41) is 0. The molecule has 0 aliphatic rings. The summed E-state index contributed by atoms with van der Waals surface area (Å²) in [4.78, 5) is 37.9. The van der Waals surface area contributed by atoms with Crippen molar-refractivity contribution in [3.05, 3.63) is 146 Å². The fourth-order valence-corrected chi connectivity index (χ4v) is 6.08. The van der Waals surface area contributed by atoms with E-state index in [1.165, 1.54) is 44.9 Å². The van der Waals surface area contributed by atoms with Crippen molar-refractivity contribution in [1.82, 2.24) is 0 Å². The lowest BCUT2D eigenvalue weighted by atomic mass is 10.1. The Morgan fingerprint density at radius 1 is 0.344 bits per heavy atom. The lowest BCUT2D eigenvalue weighted by molar-refractivity contribution is -0.167. The minimum Gasteiger partial charge on any atom is -0.462 e. The number of hydrogen-bond donors (Lipinski definition) is 0. The van der Waals surface area contributed by atoms with E-state index in [2.05, 4.69) is 93.7 Å². The van der Waals surface area contributed by atoms with Gasteiger partial charge in [0.25, 0.3) is 0 Å². The molecule has 0 saturated carbocycles. The third kappa shape index (κ3) is 48.3. The zero-order valence-electron chi connectivity index (χ0n) is 40.5. The fraction of sp³-hybridized carbons (Fsp3) is 0.534. The predicted molar refractivity (Wildman–Crippen MR) is 274 cm³/mol. The second-order valence-corrected chi connectivity index (χ2v) is 15.8. The van der Waals surface area contributed by atoms with Gasteiger partial charge in [-0.3, -0.25) is 14.4 Å². The molecule has 0 fully saturated rings. The number of allylic oxidation sites excluding steroid dienone is 24.